The van der Waals surface area contributed by atoms with Gasteiger partial charge in [-0.15, -0.1) is 12.4 Å². The summed E-state index contributed by atoms with van der Waals surface area (Å²) in [6.45, 7) is 5.50. The van der Waals surface area contributed by atoms with Crippen molar-refractivity contribution in [3.05, 3.63) is 29.3 Å². The van der Waals surface area contributed by atoms with Crippen molar-refractivity contribution in [3.63, 3.8) is 0 Å². The van der Waals surface area contributed by atoms with Crippen LogP contribution >= 0.6 is 12.4 Å². The van der Waals surface area contributed by atoms with Gasteiger partial charge in [-0.05, 0) is 56.4 Å². The van der Waals surface area contributed by atoms with Crippen molar-refractivity contribution in [2.45, 2.75) is 50.4 Å². The highest BCUT2D eigenvalue weighted by Gasteiger charge is 2.38. The Labute approximate surface area is 157 Å². The van der Waals surface area contributed by atoms with Crippen LogP contribution in [0.3, 0.4) is 0 Å². The maximum atomic E-state index is 12.5. The number of piperidine rings is 1. The Hall–Kier alpha value is -0.820. The molecule has 1 aromatic carbocycles. The van der Waals surface area contributed by atoms with E-state index in [9.17, 15) is 8.42 Å². The Balaban J connectivity index is 0.00000225. The highest BCUT2D eigenvalue weighted by atomic mass is 35.5. The number of benzene rings is 1. The van der Waals surface area contributed by atoms with Gasteiger partial charge >= 0.3 is 0 Å². The van der Waals surface area contributed by atoms with Crippen LogP contribution in [0.4, 0.5) is 0 Å². The summed E-state index contributed by atoms with van der Waals surface area (Å²) in [6, 6.07) is 6.69. The lowest BCUT2D eigenvalue weighted by Gasteiger charge is -2.45. The minimum absolute atomic E-state index is 0. The molecule has 0 spiro atoms. The molecule has 0 amide bonds. The van der Waals surface area contributed by atoms with Crippen LogP contribution in [0.5, 0.6) is 5.75 Å². The monoisotopic (exact) mass is 388 g/mol. The third-order valence-corrected chi connectivity index (χ3v) is 7.87. The van der Waals surface area contributed by atoms with E-state index in [0.29, 0.717) is 6.04 Å². The second kappa shape index (κ2) is 7.82. The molecule has 3 rings (SSSR count). The number of hydrogen-bond donors (Lipinski definition) is 0. The molecule has 7 heteroatoms. The molecule has 2 heterocycles. The van der Waals surface area contributed by atoms with Crippen molar-refractivity contribution < 1.29 is 13.2 Å². The van der Waals surface area contributed by atoms with Crippen molar-refractivity contribution in [2.75, 3.05) is 27.2 Å². The topological polar surface area (TPSA) is 49.9 Å². The first kappa shape index (κ1) is 20.5. The van der Waals surface area contributed by atoms with Gasteiger partial charge in [-0.25, -0.2) is 12.7 Å². The van der Waals surface area contributed by atoms with E-state index in [2.05, 4.69) is 17.0 Å². The molecule has 0 aliphatic carbocycles. The molecule has 1 aromatic rings. The molecule has 5 nitrogen and oxygen atoms in total. The molecule has 0 N–H and O–H groups in total. The van der Waals surface area contributed by atoms with E-state index in [4.69, 9.17) is 4.74 Å². The first-order valence-corrected chi connectivity index (χ1v) is 10.2. The predicted molar refractivity (Wildman–Crippen MR) is 103 cm³/mol. The van der Waals surface area contributed by atoms with Crippen LogP contribution in [-0.4, -0.2) is 56.2 Å². The maximum absolute atomic E-state index is 12.5. The van der Waals surface area contributed by atoms with Crippen LogP contribution in [0.15, 0.2) is 18.2 Å². The molecule has 0 aromatic heterocycles. The number of rotatable bonds is 4. The fourth-order valence-corrected chi connectivity index (χ4v) is 5.24. The van der Waals surface area contributed by atoms with Gasteiger partial charge in [-0.3, -0.25) is 4.90 Å². The predicted octanol–water partition coefficient (Wildman–Crippen LogP) is 2.85. The van der Waals surface area contributed by atoms with Gasteiger partial charge in [0.05, 0.1) is 12.4 Å². The molecule has 25 heavy (non-hydrogen) atoms. The third kappa shape index (κ3) is 3.82. The number of fused-ring (bicyclic) bond motifs is 3. The van der Waals surface area contributed by atoms with Crippen LogP contribution in [-0.2, 0) is 16.4 Å². The average molecular weight is 389 g/mol. The van der Waals surface area contributed by atoms with Crippen molar-refractivity contribution >= 4 is 22.4 Å². The summed E-state index contributed by atoms with van der Waals surface area (Å²) in [5.74, 6) is 0.897. The molecule has 0 bridgehead atoms. The van der Waals surface area contributed by atoms with Crippen LogP contribution in [0.1, 0.15) is 43.9 Å². The maximum Gasteiger partial charge on any atom is 0.216 e. The molecule has 2 aliphatic rings. The van der Waals surface area contributed by atoms with Crippen molar-refractivity contribution in [2.24, 2.45) is 0 Å². The molecule has 2 atom stereocenters. The van der Waals surface area contributed by atoms with E-state index in [1.165, 1.54) is 11.1 Å². The van der Waals surface area contributed by atoms with Gasteiger partial charge in [0.2, 0.25) is 10.0 Å². The number of methoxy groups -OCH3 is 1. The lowest BCUT2D eigenvalue weighted by atomic mass is 9.85. The molecular formula is C18H29ClN2O3S. The number of ether oxygens (including phenoxy) is 1. The molecule has 1 fully saturated rings. The molecular weight excluding hydrogens is 360 g/mol. The standard InChI is InChI=1S/C18H28N2O3S.ClH/c1-13(2)24(21,22)19(3)15-8-10-20-9-7-14-11-16(23-4)5-6-17(14)18(20)12-15;/h5-6,11,13,15,18H,7-10,12H2,1-4H3;1H. The summed E-state index contributed by atoms with van der Waals surface area (Å²) in [6.07, 6.45) is 2.81. The summed E-state index contributed by atoms with van der Waals surface area (Å²) in [7, 11) is 0.230. The number of nitrogens with zero attached hydrogens (tertiary/aromatic N) is 2. The number of hydrogen-bond acceptors (Lipinski definition) is 4. The van der Waals surface area contributed by atoms with E-state index in [1.807, 2.05) is 6.07 Å². The fraction of sp³-hybridized carbons (Fsp3) is 0.667. The molecule has 2 unspecified atom stereocenters. The van der Waals surface area contributed by atoms with E-state index < -0.39 is 10.0 Å². The van der Waals surface area contributed by atoms with E-state index in [1.54, 1.807) is 32.3 Å². The Kier molecular flexibility index (Phi) is 6.41. The number of halogens is 1. The highest BCUT2D eigenvalue weighted by Crippen LogP contribution is 2.39. The van der Waals surface area contributed by atoms with E-state index >= 15 is 0 Å². The summed E-state index contributed by atoms with van der Waals surface area (Å²) >= 11 is 0. The normalized spacial score (nSPS) is 23.8. The highest BCUT2D eigenvalue weighted by molar-refractivity contribution is 7.89. The van der Waals surface area contributed by atoms with Crippen LogP contribution < -0.4 is 4.74 Å². The lowest BCUT2D eigenvalue weighted by molar-refractivity contribution is 0.0966. The van der Waals surface area contributed by atoms with E-state index in [0.717, 1.165) is 38.1 Å². The molecule has 0 radical (unpaired) electrons. The van der Waals surface area contributed by atoms with Gasteiger partial charge in [-0.2, -0.15) is 0 Å². The van der Waals surface area contributed by atoms with Crippen molar-refractivity contribution in [1.29, 1.82) is 0 Å². The lowest BCUT2D eigenvalue weighted by Crippen LogP contribution is -2.50. The minimum Gasteiger partial charge on any atom is -0.497 e. The van der Waals surface area contributed by atoms with Gasteiger partial charge in [0.15, 0.2) is 0 Å². The summed E-state index contributed by atoms with van der Waals surface area (Å²) < 4.78 is 32.0. The van der Waals surface area contributed by atoms with E-state index in [-0.39, 0.29) is 23.7 Å². The molecule has 2 aliphatic heterocycles. The van der Waals surface area contributed by atoms with Gasteiger partial charge in [0.1, 0.15) is 5.75 Å². The summed E-state index contributed by atoms with van der Waals surface area (Å²) in [4.78, 5) is 2.50. The average Bonchev–Trinajstić information content (AvgIpc) is 2.59. The van der Waals surface area contributed by atoms with Crippen molar-refractivity contribution in [1.82, 2.24) is 9.21 Å². The van der Waals surface area contributed by atoms with Gasteiger partial charge in [0.25, 0.3) is 0 Å². The number of sulfonamides is 1. The van der Waals surface area contributed by atoms with Crippen LogP contribution in [0, 0.1) is 0 Å². The smallest absolute Gasteiger partial charge is 0.216 e. The first-order valence-electron chi connectivity index (χ1n) is 8.72. The Morgan fingerprint density at radius 1 is 1.28 bits per heavy atom. The zero-order valence-electron chi connectivity index (χ0n) is 15.4. The Bertz CT molecular complexity index is 708. The molecule has 142 valence electrons. The van der Waals surface area contributed by atoms with Crippen LogP contribution in [0.25, 0.3) is 0 Å². The zero-order valence-corrected chi connectivity index (χ0v) is 17.1. The van der Waals surface area contributed by atoms with Crippen molar-refractivity contribution in [3.8, 4) is 5.75 Å². The quantitative estimate of drug-likeness (QED) is 0.795. The van der Waals surface area contributed by atoms with Gasteiger partial charge < -0.3 is 4.74 Å². The first-order chi connectivity index (χ1) is 11.3. The second-order valence-electron chi connectivity index (χ2n) is 7.15. The minimum atomic E-state index is -3.21. The Morgan fingerprint density at radius 2 is 2.00 bits per heavy atom. The summed E-state index contributed by atoms with van der Waals surface area (Å²) in [5.41, 5.74) is 2.67. The fourth-order valence-electron chi connectivity index (χ4n) is 3.97. The SMILES string of the molecule is COc1ccc2c(c1)CCN1CCC(N(C)S(=O)(=O)C(C)C)CC21.Cl. The second-order valence-corrected chi connectivity index (χ2v) is 9.70. The molecule has 1 saturated heterocycles. The largest absolute Gasteiger partial charge is 0.497 e. The van der Waals surface area contributed by atoms with Gasteiger partial charge in [-0.1, -0.05) is 6.07 Å². The van der Waals surface area contributed by atoms with Crippen LogP contribution in [0.2, 0.25) is 0 Å². The van der Waals surface area contributed by atoms with Gasteiger partial charge in [0, 0.05) is 32.2 Å². The third-order valence-electron chi connectivity index (χ3n) is 5.57. The Morgan fingerprint density at radius 3 is 2.64 bits per heavy atom. The summed E-state index contributed by atoms with van der Waals surface area (Å²) in [5, 5.41) is -0.372. The zero-order chi connectivity index (χ0) is 17.5. The molecule has 0 saturated carbocycles.